The highest BCUT2D eigenvalue weighted by molar-refractivity contribution is 5.94. The van der Waals surface area contributed by atoms with Crippen LogP contribution >= 0.6 is 0 Å². The fraction of sp³-hybridized carbons (Fsp3) is 0.593. The average molecular weight is 533 g/mol. The molecule has 0 aromatic heterocycles. The second-order valence-corrected chi connectivity index (χ2v) is 10.6. The summed E-state index contributed by atoms with van der Waals surface area (Å²) >= 11 is 0. The maximum absolute atomic E-state index is 13.5. The summed E-state index contributed by atoms with van der Waals surface area (Å²) in [5, 5.41) is 5.25. The van der Waals surface area contributed by atoms with Crippen molar-refractivity contribution in [1.29, 1.82) is 0 Å². The molecule has 11 heteroatoms. The Morgan fingerprint density at radius 1 is 1.05 bits per heavy atom. The summed E-state index contributed by atoms with van der Waals surface area (Å²) in [7, 11) is 2.48. The van der Waals surface area contributed by atoms with Crippen molar-refractivity contribution in [2.24, 2.45) is 17.8 Å². The van der Waals surface area contributed by atoms with E-state index in [-0.39, 0.29) is 31.8 Å². The summed E-state index contributed by atoms with van der Waals surface area (Å²) in [5.74, 6) is -3.52. The predicted molar refractivity (Wildman–Crippen MR) is 133 cm³/mol. The van der Waals surface area contributed by atoms with Gasteiger partial charge in [0.15, 0.2) is 0 Å². The van der Waals surface area contributed by atoms with Gasteiger partial charge in [-0.3, -0.25) is 14.4 Å². The number of rotatable bonds is 10. The van der Waals surface area contributed by atoms with Crippen molar-refractivity contribution in [2.75, 3.05) is 14.2 Å². The SMILES string of the molecule is COC(=O)[C@H]1[C@@H]2CC[C@@](NC(=O)[C@H](CCC(=O)OCc3ccccc3)NC(=O)OC(C)(C)C)(C(=O)OC)[C@@H]21. The number of carbonyl (C=O) groups excluding carboxylic acids is 5. The Morgan fingerprint density at radius 2 is 1.74 bits per heavy atom. The van der Waals surface area contributed by atoms with Crippen molar-refractivity contribution < 1.29 is 42.9 Å². The smallest absolute Gasteiger partial charge is 0.408 e. The first kappa shape index (κ1) is 28.9. The van der Waals surface area contributed by atoms with Crippen molar-refractivity contribution in [3.63, 3.8) is 0 Å². The molecule has 0 radical (unpaired) electrons. The van der Waals surface area contributed by atoms with Crippen molar-refractivity contribution in [1.82, 2.24) is 10.6 Å². The summed E-state index contributed by atoms with van der Waals surface area (Å²) in [6.45, 7) is 5.09. The third-order valence-electron chi connectivity index (χ3n) is 6.87. The van der Waals surface area contributed by atoms with Crippen LogP contribution in [0.1, 0.15) is 52.0 Å². The Bertz CT molecular complexity index is 1050. The number of hydrogen-bond donors (Lipinski definition) is 2. The fourth-order valence-corrected chi connectivity index (χ4v) is 5.14. The molecule has 2 fully saturated rings. The van der Waals surface area contributed by atoms with Gasteiger partial charge in [-0.25, -0.2) is 9.59 Å². The molecule has 2 N–H and O–H groups in total. The molecule has 2 aliphatic carbocycles. The van der Waals surface area contributed by atoms with E-state index in [2.05, 4.69) is 10.6 Å². The van der Waals surface area contributed by atoms with Gasteiger partial charge in [-0.1, -0.05) is 30.3 Å². The van der Waals surface area contributed by atoms with Crippen LogP contribution in [0.2, 0.25) is 0 Å². The van der Waals surface area contributed by atoms with Gasteiger partial charge in [0.05, 0.1) is 20.1 Å². The second kappa shape index (κ2) is 11.8. The zero-order valence-electron chi connectivity index (χ0n) is 22.4. The molecule has 0 heterocycles. The highest BCUT2D eigenvalue weighted by Gasteiger charge is 2.72. The number of benzene rings is 1. The molecular formula is C27H36N2O9. The van der Waals surface area contributed by atoms with Crippen molar-refractivity contribution in [2.45, 2.75) is 70.2 Å². The Kier molecular flexibility index (Phi) is 9.01. The number of carbonyl (C=O) groups is 5. The maximum Gasteiger partial charge on any atom is 0.408 e. The van der Waals surface area contributed by atoms with Gasteiger partial charge in [0, 0.05) is 12.3 Å². The first-order valence-electron chi connectivity index (χ1n) is 12.6. The quantitative estimate of drug-likeness (QED) is 0.342. The number of nitrogens with one attached hydrogen (secondary N) is 2. The number of ether oxygens (including phenoxy) is 4. The lowest BCUT2D eigenvalue weighted by Crippen LogP contribution is -2.61. The van der Waals surface area contributed by atoms with Crippen LogP contribution in [0.25, 0.3) is 0 Å². The minimum Gasteiger partial charge on any atom is -0.469 e. The van der Waals surface area contributed by atoms with E-state index >= 15 is 0 Å². The van der Waals surface area contributed by atoms with Gasteiger partial charge >= 0.3 is 24.0 Å². The summed E-state index contributed by atoms with van der Waals surface area (Å²) < 4.78 is 20.4. The lowest BCUT2D eigenvalue weighted by molar-refractivity contribution is -0.154. The highest BCUT2D eigenvalue weighted by atomic mass is 16.6. The molecule has 1 aromatic rings. The molecule has 38 heavy (non-hydrogen) atoms. The van der Waals surface area contributed by atoms with Gasteiger partial charge in [-0.15, -0.1) is 0 Å². The van der Waals surface area contributed by atoms with E-state index < -0.39 is 58.9 Å². The third-order valence-corrected chi connectivity index (χ3v) is 6.87. The molecule has 2 saturated carbocycles. The third kappa shape index (κ3) is 6.81. The van der Waals surface area contributed by atoms with Crippen LogP contribution in [0, 0.1) is 17.8 Å². The molecule has 5 atom stereocenters. The zero-order valence-corrected chi connectivity index (χ0v) is 22.4. The number of amides is 2. The highest BCUT2D eigenvalue weighted by Crippen LogP contribution is 2.63. The van der Waals surface area contributed by atoms with Crippen molar-refractivity contribution >= 4 is 29.9 Å². The van der Waals surface area contributed by atoms with Gasteiger partial charge in [0.2, 0.25) is 5.91 Å². The topological polar surface area (TPSA) is 146 Å². The molecule has 1 aromatic carbocycles. The lowest BCUT2D eigenvalue weighted by Gasteiger charge is -2.32. The van der Waals surface area contributed by atoms with Gasteiger partial charge in [-0.05, 0) is 51.5 Å². The monoisotopic (exact) mass is 532 g/mol. The first-order chi connectivity index (χ1) is 17.9. The minimum absolute atomic E-state index is 0.0689. The number of hydrogen-bond acceptors (Lipinski definition) is 9. The van der Waals surface area contributed by atoms with E-state index in [9.17, 15) is 24.0 Å². The van der Waals surface area contributed by atoms with Crippen molar-refractivity contribution in [3.05, 3.63) is 35.9 Å². The maximum atomic E-state index is 13.5. The first-order valence-corrected chi connectivity index (χ1v) is 12.6. The number of fused-ring (bicyclic) bond motifs is 1. The molecule has 0 saturated heterocycles. The number of alkyl carbamates (subject to hydrolysis) is 1. The second-order valence-electron chi connectivity index (χ2n) is 10.6. The van der Waals surface area contributed by atoms with Crippen molar-refractivity contribution in [3.8, 4) is 0 Å². The number of esters is 3. The normalized spacial score (nSPS) is 24.3. The standard InChI is InChI=1S/C27H36N2O9/c1-26(2,3)38-25(34)28-18(11-12-19(30)37-15-16-9-7-6-8-10-16)22(31)29-27(24(33)36-5)14-13-17-20(21(17)27)23(32)35-4/h6-10,17-18,20-21H,11-15H2,1-5H3,(H,28,34)(H,29,31)/t17-,18-,20-,21-,27-/m0/s1. The van der Waals surface area contributed by atoms with Gasteiger partial charge in [0.25, 0.3) is 0 Å². The summed E-state index contributed by atoms with van der Waals surface area (Å²) in [6, 6.07) is 7.90. The van der Waals surface area contributed by atoms with E-state index in [1.807, 2.05) is 30.3 Å². The van der Waals surface area contributed by atoms with Gasteiger partial charge in [-0.2, -0.15) is 0 Å². The minimum atomic E-state index is -1.45. The van der Waals surface area contributed by atoms with E-state index in [0.29, 0.717) is 6.42 Å². The molecule has 3 rings (SSSR count). The molecule has 208 valence electrons. The molecule has 2 amide bonds. The Morgan fingerprint density at radius 3 is 2.34 bits per heavy atom. The molecular weight excluding hydrogens is 496 g/mol. The molecule has 0 unspecified atom stereocenters. The van der Waals surface area contributed by atoms with Crippen LogP contribution in [-0.4, -0.2) is 61.3 Å². The zero-order chi connectivity index (χ0) is 28.1. The molecule has 0 bridgehead atoms. The molecule has 2 aliphatic rings. The Hall–Kier alpha value is -3.63. The van der Waals surface area contributed by atoms with E-state index in [1.54, 1.807) is 20.8 Å². The predicted octanol–water partition coefficient (Wildman–Crippen LogP) is 2.26. The number of methoxy groups -OCH3 is 2. The van der Waals surface area contributed by atoms with Crippen LogP contribution in [0.4, 0.5) is 4.79 Å². The van der Waals surface area contributed by atoms with Crippen LogP contribution < -0.4 is 10.6 Å². The van der Waals surface area contributed by atoms with Gasteiger partial charge in [0.1, 0.15) is 23.8 Å². The fourth-order valence-electron chi connectivity index (χ4n) is 5.14. The van der Waals surface area contributed by atoms with Crippen LogP contribution in [-0.2, 0) is 44.7 Å². The van der Waals surface area contributed by atoms with E-state index in [4.69, 9.17) is 18.9 Å². The molecule has 11 nitrogen and oxygen atoms in total. The summed E-state index contributed by atoms with van der Waals surface area (Å²) in [5.41, 5.74) is -1.47. The molecule has 0 spiro atoms. The molecule has 0 aliphatic heterocycles. The average Bonchev–Trinajstić information content (AvgIpc) is 3.50. The van der Waals surface area contributed by atoms with Crippen LogP contribution in [0.5, 0.6) is 0 Å². The largest absolute Gasteiger partial charge is 0.469 e. The van der Waals surface area contributed by atoms with Crippen LogP contribution in [0.15, 0.2) is 30.3 Å². The van der Waals surface area contributed by atoms with Gasteiger partial charge < -0.3 is 29.6 Å². The Balaban J connectivity index is 1.72. The van der Waals surface area contributed by atoms with E-state index in [0.717, 1.165) is 5.56 Å². The summed E-state index contributed by atoms with van der Waals surface area (Å²) in [4.78, 5) is 63.5. The lowest BCUT2D eigenvalue weighted by atomic mass is 9.89. The Labute approximate surface area is 221 Å². The summed E-state index contributed by atoms with van der Waals surface area (Å²) in [6.07, 6.45) is -0.346. The van der Waals surface area contributed by atoms with Crippen LogP contribution in [0.3, 0.4) is 0 Å². The van der Waals surface area contributed by atoms with E-state index in [1.165, 1.54) is 14.2 Å².